The number of carboxylic acids is 1. The molecule has 2 aromatic rings. The predicted octanol–water partition coefficient (Wildman–Crippen LogP) is 3.25. The fraction of sp³-hybridized carbons (Fsp3) is 0.389. The molecule has 2 aromatic heterocycles. The molecule has 0 fully saturated rings. The summed E-state index contributed by atoms with van der Waals surface area (Å²) in [6.45, 7) is 4.47. The van der Waals surface area contributed by atoms with Gasteiger partial charge in [-0.25, -0.2) is 9.78 Å². The van der Waals surface area contributed by atoms with Gasteiger partial charge in [0.15, 0.2) is 0 Å². The van der Waals surface area contributed by atoms with E-state index in [1.54, 1.807) is 6.20 Å². The van der Waals surface area contributed by atoms with Gasteiger partial charge in [0, 0.05) is 25.5 Å². The molecule has 0 aliphatic carbocycles. The number of aromatic carboxylic acids is 1. The summed E-state index contributed by atoms with van der Waals surface area (Å²) in [7, 11) is 0. The average Bonchev–Trinajstić information content (AvgIpc) is 2.62. The number of anilines is 1. The number of pyridine rings is 2. The number of ether oxygens (including phenoxy) is 1. The van der Waals surface area contributed by atoms with Gasteiger partial charge in [0.1, 0.15) is 11.6 Å². The quantitative estimate of drug-likeness (QED) is 0.674. The molecule has 6 nitrogen and oxygen atoms in total. The topological polar surface area (TPSA) is 75.5 Å². The second kappa shape index (κ2) is 9.50. The lowest BCUT2D eigenvalue weighted by atomic mass is 10.3. The van der Waals surface area contributed by atoms with E-state index in [1.807, 2.05) is 18.2 Å². The molecule has 0 saturated heterocycles. The van der Waals surface area contributed by atoms with E-state index in [4.69, 9.17) is 9.84 Å². The fourth-order valence-corrected chi connectivity index (χ4v) is 2.29. The van der Waals surface area contributed by atoms with Crippen molar-refractivity contribution >= 4 is 11.8 Å². The van der Waals surface area contributed by atoms with Crippen LogP contribution in [0.25, 0.3) is 0 Å². The van der Waals surface area contributed by atoms with Gasteiger partial charge in [-0.3, -0.25) is 4.98 Å². The molecule has 0 spiro atoms. The minimum atomic E-state index is -1.01. The van der Waals surface area contributed by atoms with Gasteiger partial charge in [0.05, 0.1) is 18.4 Å². The van der Waals surface area contributed by atoms with Gasteiger partial charge >= 0.3 is 5.97 Å². The Morgan fingerprint density at radius 1 is 1.25 bits per heavy atom. The van der Waals surface area contributed by atoms with Crippen LogP contribution < -0.4 is 9.64 Å². The number of carbonyl (C=O) groups is 1. The van der Waals surface area contributed by atoms with Gasteiger partial charge < -0.3 is 14.7 Å². The molecule has 2 rings (SSSR count). The normalized spacial score (nSPS) is 10.4. The third-order valence-corrected chi connectivity index (χ3v) is 3.56. The van der Waals surface area contributed by atoms with Crippen LogP contribution in [0.2, 0.25) is 0 Å². The van der Waals surface area contributed by atoms with Crippen molar-refractivity contribution in [1.82, 2.24) is 9.97 Å². The van der Waals surface area contributed by atoms with E-state index in [1.165, 1.54) is 18.5 Å². The third-order valence-electron chi connectivity index (χ3n) is 3.56. The van der Waals surface area contributed by atoms with Crippen molar-refractivity contribution in [2.24, 2.45) is 0 Å². The van der Waals surface area contributed by atoms with E-state index >= 15 is 0 Å². The van der Waals surface area contributed by atoms with E-state index < -0.39 is 5.97 Å². The zero-order chi connectivity index (χ0) is 17.2. The molecule has 0 aliphatic heterocycles. The van der Waals surface area contributed by atoms with Crippen LogP contribution in [-0.4, -0.2) is 40.7 Å². The van der Waals surface area contributed by atoms with Crippen molar-refractivity contribution in [3.63, 3.8) is 0 Å². The molecule has 0 atom stereocenters. The molecule has 0 amide bonds. The maximum atomic E-state index is 10.9. The van der Waals surface area contributed by atoms with Crippen LogP contribution in [-0.2, 0) is 0 Å². The first kappa shape index (κ1) is 17.7. The lowest BCUT2D eigenvalue weighted by Crippen LogP contribution is -2.27. The number of unbranched alkanes of at least 4 members (excludes halogenated alkanes) is 1. The van der Waals surface area contributed by atoms with Gasteiger partial charge in [0.25, 0.3) is 0 Å². The second-order valence-corrected chi connectivity index (χ2v) is 5.45. The van der Waals surface area contributed by atoms with Crippen LogP contribution in [0.1, 0.15) is 36.5 Å². The van der Waals surface area contributed by atoms with E-state index in [2.05, 4.69) is 21.8 Å². The largest absolute Gasteiger partial charge is 0.492 e. The second-order valence-electron chi connectivity index (χ2n) is 5.45. The Hall–Kier alpha value is -2.63. The Morgan fingerprint density at radius 2 is 2.08 bits per heavy atom. The standard InChI is InChI=1S/C18H23N3O3/c1-2-3-9-21(17-7-4-5-8-20-17)10-6-11-24-16-12-15(18(22)23)13-19-14-16/h4-5,7-8,12-14H,2-3,6,9-11H2,1H3,(H,22,23). The van der Waals surface area contributed by atoms with Gasteiger partial charge in [-0.1, -0.05) is 19.4 Å². The molecule has 0 bridgehead atoms. The summed E-state index contributed by atoms with van der Waals surface area (Å²) < 4.78 is 5.61. The molecule has 128 valence electrons. The van der Waals surface area contributed by atoms with Gasteiger partial charge in [-0.05, 0) is 31.0 Å². The van der Waals surface area contributed by atoms with E-state index in [-0.39, 0.29) is 5.56 Å². The summed E-state index contributed by atoms with van der Waals surface area (Å²) >= 11 is 0. The van der Waals surface area contributed by atoms with Crippen LogP contribution >= 0.6 is 0 Å². The number of hydrogen-bond acceptors (Lipinski definition) is 5. The molecule has 6 heteroatoms. The van der Waals surface area contributed by atoms with Gasteiger partial charge in [-0.15, -0.1) is 0 Å². The lowest BCUT2D eigenvalue weighted by Gasteiger charge is -2.23. The van der Waals surface area contributed by atoms with Crippen molar-refractivity contribution < 1.29 is 14.6 Å². The first-order valence-electron chi connectivity index (χ1n) is 8.18. The highest BCUT2D eigenvalue weighted by Crippen LogP contribution is 2.13. The summed E-state index contributed by atoms with van der Waals surface area (Å²) in [5.41, 5.74) is 0.130. The van der Waals surface area contributed by atoms with Crippen molar-refractivity contribution in [1.29, 1.82) is 0 Å². The number of nitrogens with zero attached hydrogens (tertiary/aromatic N) is 3. The molecule has 0 radical (unpaired) electrons. The zero-order valence-electron chi connectivity index (χ0n) is 13.9. The SMILES string of the molecule is CCCCN(CCCOc1cncc(C(=O)O)c1)c1ccccn1. The van der Waals surface area contributed by atoms with Crippen molar-refractivity contribution in [2.45, 2.75) is 26.2 Å². The first-order chi connectivity index (χ1) is 11.7. The Labute approximate surface area is 142 Å². The fourth-order valence-electron chi connectivity index (χ4n) is 2.29. The van der Waals surface area contributed by atoms with Crippen molar-refractivity contribution in [3.05, 3.63) is 48.4 Å². The van der Waals surface area contributed by atoms with Gasteiger partial charge in [-0.2, -0.15) is 0 Å². The molecular weight excluding hydrogens is 306 g/mol. The minimum absolute atomic E-state index is 0.130. The van der Waals surface area contributed by atoms with Crippen LogP contribution in [0.5, 0.6) is 5.75 Å². The molecular formula is C18H23N3O3. The maximum Gasteiger partial charge on any atom is 0.337 e. The number of hydrogen-bond donors (Lipinski definition) is 1. The first-order valence-corrected chi connectivity index (χ1v) is 8.18. The molecule has 2 heterocycles. The van der Waals surface area contributed by atoms with Crippen LogP contribution in [0, 0.1) is 0 Å². The number of aromatic nitrogens is 2. The summed E-state index contributed by atoms with van der Waals surface area (Å²) in [4.78, 5) is 21.5. The highest BCUT2D eigenvalue weighted by Gasteiger charge is 2.08. The zero-order valence-corrected chi connectivity index (χ0v) is 13.9. The van der Waals surface area contributed by atoms with Gasteiger partial charge in [0.2, 0.25) is 0 Å². The average molecular weight is 329 g/mol. The molecule has 0 saturated carbocycles. The Bertz CT molecular complexity index is 634. The van der Waals surface area contributed by atoms with Crippen LogP contribution in [0.3, 0.4) is 0 Å². The molecule has 0 unspecified atom stereocenters. The molecule has 0 aromatic carbocycles. The van der Waals surface area contributed by atoms with E-state index in [0.29, 0.717) is 12.4 Å². The Morgan fingerprint density at radius 3 is 2.79 bits per heavy atom. The van der Waals surface area contributed by atoms with Crippen molar-refractivity contribution in [2.75, 3.05) is 24.6 Å². The number of carboxylic acid groups (broad SMARTS) is 1. The number of rotatable bonds is 10. The molecule has 24 heavy (non-hydrogen) atoms. The van der Waals surface area contributed by atoms with Crippen molar-refractivity contribution in [3.8, 4) is 5.75 Å². The van der Waals surface area contributed by atoms with Crippen LogP contribution in [0.4, 0.5) is 5.82 Å². The lowest BCUT2D eigenvalue weighted by molar-refractivity contribution is 0.0696. The Kier molecular flexibility index (Phi) is 7.01. The molecule has 0 aliphatic rings. The van der Waals surface area contributed by atoms with E-state index in [0.717, 1.165) is 38.2 Å². The Balaban J connectivity index is 1.84. The minimum Gasteiger partial charge on any atom is -0.492 e. The van der Waals surface area contributed by atoms with Crippen LogP contribution in [0.15, 0.2) is 42.9 Å². The van der Waals surface area contributed by atoms with E-state index in [9.17, 15) is 4.79 Å². The predicted molar refractivity (Wildman–Crippen MR) is 92.7 cm³/mol. The summed E-state index contributed by atoms with van der Waals surface area (Å²) in [6.07, 6.45) is 7.70. The maximum absolute atomic E-state index is 10.9. The molecule has 1 N–H and O–H groups in total. The monoisotopic (exact) mass is 329 g/mol. The summed E-state index contributed by atoms with van der Waals surface area (Å²) in [5.74, 6) is 0.446. The summed E-state index contributed by atoms with van der Waals surface area (Å²) in [6, 6.07) is 7.40. The highest BCUT2D eigenvalue weighted by atomic mass is 16.5. The summed E-state index contributed by atoms with van der Waals surface area (Å²) in [5, 5.41) is 8.95. The highest BCUT2D eigenvalue weighted by molar-refractivity contribution is 5.87. The third kappa shape index (κ3) is 5.53. The smallest absolute Gasteiger partial charge is 0.337 e.